The average Bonchev–Trinajstić information content (AvgIpc) is 3.08. The molecular formula is C25H21ClN2O5. The van der Waals surface area contributed by atoms with Crippen LogP contribution in [-0.2, 0) is 9.59 Å². The highest BCUT2D eigenvalue weighted by atomic mass is 35.5. The summed E-state index contributed by atoms with van der Waals surface area (Å²) in [7, 11) is 4.50. The minimum Gasteiger partial charge on any atom is -0.497 e. The predicted octanol–water partition coefficient (Wildman–Crippen LogP) is 4.76. The van der Waals surface area contributed by atoms with E-state index in [1.165, 1.54) is 21.3 Å². The van der Waals surface area contributed by atoms with Crippen LogP contribution >= 0.6 is 11.6 Å². The molecule has 0 unspecified atom stereocenters. The number of benzene rings is 3. The molecule has 7 nitrogen and oxygen atoms in total. The average molecular weight is 465 g/mol. The summed E-state index contributed by atoms with van der Waals surface area (Å²) in [6.45, 7) is 0. The van der Waals surface area contributed by atoms with Gasteiger partial charge in [0.15, 0.2) is 0 Å². The van der Waals surface area contributed by atoms with Gasteiger partial charge in [0.25, 0.3) is 11.8 Å². The van der Waals surface area contributed by atoms with Crippen molar-refractivity contribution in [1.82, 2.24) is 0 Å². The van der Waals surface area contributed by atoms with Gasteiger partial charge in [0.05, 0.1) is 38.3 Å². The van der Waals surface area contributed by atoms with E-state index < -0.39 is 11.8 Å². The molecule has 1 aliphatic rings. The van der Waals surface area contributed by atoms with Crippen molar-refractivity contribution in [2.24, 2.45) is 0 Å². The zero-order valence-electron chi connectivity index (χ0n) is 18.2. The van der Waals surface area contributed by atoms with Gasteiger partial charge in [-0.3, -0.25) is 9.59 Å². The van der Waals surface area contributed by atoms with Crippen LogP contribution < -0.4 is 24.4 Å². The third kappa shape index (κ3) is 4.10. The van der Waals surface area contributed by atoms with Gasteiger partial charge in [-0.2, -0.15) is 0 Å². The zero-order valence-corrected chi connectivity index (χ0v) is 19.0. The Morgan fingerprint density at radius 1 is 0.788 bits per heavy atom. The molecule has 8 heteroatoms. The molecule has 4 rings (SSSR count). The van der Waals surface area contributed by atoms with Crippen LogP contribution in [0.2, 0.25) is 5.02 Å². The number of nitrogens with one attached hydrogen (secondary N) is 1. The van der Waals surface area contributed by atoms with E-state index in [-0.39, 0.29) is 11.3 Å². The molecule has 0 radical (unpaired) electrons. The Bertz CT molecular complexity index is 1260. The zero-order chi connectivity index (χ0) is 23.5. The Morgan fingerprint density at radius 3 is 2.18 bits per heavy atom. The standard InChI is InChI=1S/C25H21ClN2O5/c1-31-17-10-11-19(21(14-17)33-3)28-24(29)22(15-7-5-4-6-8-15)23(25(28)30)27-18-13-16(26)9-12-20(18)32-2/h4-14,27H,1-3H3. The number of halogens is 1. The summed E-state index contributed by atoms with van der Waals surface area (Å²) in [6.07, 6.45) is 0. The van der Waals surface area contributed by atoms with Gasteiger partial charge in [0, 0.05) is 11.1 Å². The fourth-order valence-electron chi connectivity index (χ4n) is 3.62. The third-order valence-corrected chi connectivity index (χ3v) is 5.43. The van der Waals surface area contributed by atoms with Crippen molar-refractivity contribution in [3.63, 3.8) is 0 Å². The first kappa shape index (κ1) is 22.2. The number of ether oxygens (including phenoxy) is 3. The van der Waals surface area contributed by atoms with Crippen molar-refractivity contribution in [3.8, 4) is 17.2 Å². The van der Waals surface area contributed by atoms with Gasteiger partial charge in [-0.1, -0.05) is 41.9 Å². The van der Waals surface area contributed by atoms with E-state index in [2.05, 4.69) is 5.32 Å². The molecule has 3 aromatic rings. The van der Waals surface area contributed by atoms with E-state index in [4.69, 9.17) is 25.8 Å². The van der Waals surface area contributed by atoms with Crippen LogP contribution in [0.4, 0.5) is 11.4 Å². The number of methoxy groups -OCH3 is 3. The second-order valence-electron chi connectivity index (χ2n) is 7.07. The Morgan fingerprint density at radius 2 is 1.52 bits per heavy atom. The molecule has 2 amide bonds. The van der Waals surface area contributed by atoms with E-state index in [1.54, 1.807) is 60.7 Å². The summed E-state index contributed by atoms with van der Waals surface area (Å²) in [4.78, 5) is 28.3. The van der Waals surface area contributed by atoms with Crippen molar-refractivity contribution < 1.29 is 23.8 Å². The number of carbonyl (C=O) groups excluding carboxylic acids is 2. The number of anilines is 2. The van der Waals surface area contributed by atoms with Crippen molar-refractivity contribution in [2.45, 2.75) is 0 Å². The summed E-state index contributed by atoms with van der Waals surface area (Å²) in [6, 6.07) is 18.8. The Kier molecular flexibility index (Phi) is 6.24. The number of imide groups is 1. The van der Waals surface area contributed by atoms with E-state index in [9.17, 15) is 9.59 Å². The molecule has 0 atom stereocenters. The van der Waals surface area contributed by atoms with Crippen LogP contribution in [0.5, 0.6) is 17.2 Å². The lowest BCUT2D eigenvalue weighted by Gasteiger charge is -2.19. The van der Waals surface area contributed by atoms with E-state index in [1.807, 2.05) is 6.07 Å². The molecule has 1 heterocycles. The molecule has 0 fully saturated rings. The molecule has 0 aliphatic carbocycles. The monoisotopic (exact) mass is 464 g/mol. The third-order valence-electron chi connectivity index (χ3n) is 5.20. The minimum absolute atomic E-state index is 0.102. The second kappa shape index (κ2) is 9.26. The minimum atomic E-state index is -0.538. The molecule has 0 saturated heterocycles. The van der Waals surface area contributed by atoms with E-state index in [0.717, 1.165) is 4.90 Å². The molecule has 0 saturated carbocycles. The maximum absolute atomic E-state index is 13.6. The van der Waals surface area contributed by atoms with Gasteiger partial charge in [-0.25, -0.2) is 4.90 Å². The number of hydrogen-bond acceptors (Lipinski definition) is 6. The van der Waals surface area contributed by atoms with Gasteiger partial charge in [-0.15, -0.1) is 0 Å². The normalized spacial score (nSPS) is 13.4. The Hall–Kier alpha value is -3.97. The molecule has 168 valence electrons. The van der Waals surface area contributed by atoms with Crippen LogP contribution in [0, 0.1) is 0 Å². The first-order valence-electron chi connectivity index (χ1n) is 9.99. The maximum Gasteiger partial charge on any atom is 0.282 e. The van der Waals surface area contributed by atoms with Crippen molar-refractivity contribution in [3.05, 3.63) is 83.0 Å². The predicted molar refractivity (Wildman–Crippen MR) is 127 cm³/mol. The van der Waals surface area contributed by atoms with Crippen LogP contribution in [0.25, 0.3) is 5.57 Å². The summed E-state index contributed by atoms with van der Waals surface area (Å²) >= 11 is 6.17. The quantitative estimate of drug-likeness (QED) is 0.508. The fourth-order valence-corrected chi connectivity index (χ4v) is 3.79. The summed E-state index contributed by atoms with van der Waals surface area (Å²) < 4.78 is 16.1. The maximum atomic E-state index is 13.6. The van der Waals surface area contributed by atoms with Gasteiger partial charge in [0.1, 0.15) is 22.9 Å². The number of hydrogen-bond donors (Lipinski definition) is 1. The molecule has 3 aromatic carbocycles. The molecule has 33 heavy (non-hydrogen) atoms. The molecule has 0 aromatic heterocycles. The van der Waals surface area contributed by atoms with Crippen molar-refractivity contribution in [1.29, 1.82) is 0 Å². The number of carbonyl (C=O) groups is 2. The SMILES string of the molecule is COc1ccc(N2C(=O)C(Nc3cc(Cl)ccc3OC)=C(c3ccccc3)C2=O)c(OC)c1. The van der Waals surface area contributed by atoms with Crippen LogP contribution in [0.3, 0.4) is 0 Å². The van der Waals surface area contributed by atoms with Crippen LogP contribution in [-0.4, -0.2) is 33.1 Å². The fraction of sp³-hybridized carbons (Fsp3) is 0.120. The molecular weight excluding hydrogens is 444 g/mol. The van der Waals surface area contributed by atoms with Gasteiger partial charge < -0.3 is 19.5 Å². The Labute approximate surface area is 196 Å². The van der Waals surface area contributed by atoms with Gasteiger partial charge in [0.2, 0.25) is 0 Å². The van der Waals surface area contributed by atoms with E-state index >= 15 is 0 Å². The van der Waals surface area contributed by atoms with Crippen molar-refractivity contribution in [2.75, 3.05) is 31.5 Å². The lowest BCUT2D eigenvalue weighted by molar-refractivity contribution is -0.120. The first-order chi connectivity index (χ1) is 16.0. The highest BCUT2D eigenvalue weighted by Crippen LogP contribution is 2.40. The highest BCUT2D eigenvalue weighted by molar-refractivity contribution is 6.46. The summed E-state index contributed by atoms with van der Waals surface area (Å²) in [5.74, 6) is 0.306. The van der Waals surface area contributed by atoms with Crippen molar-refractivity contribution >= 4 is 40.4 Å². The second-order valence-corrected chi connectivity index (χ2v) is 7.51. The smallest absolute Gasteiger partial charge is 0.282 e. The number of nitrogens with zero attached hydrogens (tertiary/aromatic N) is 1. The van der Waals surface area contributed by atoms with Gasteiger partial charge >= 0.3 is 0 Å². The lowest BCUT2D eigenvalue weighted by atomic mass is 10.0. The number of rotatable bonds is 7. The summed E-state index contributed by atoms with van der Waals surface area (Å²) in [5.41, 5.74) is 1.68. The molecule has 1 N–H and O–H groups in total. The largest absolute Gasteiger partial charge is 0.497 e. The summed E-state index contributed by atoms with van der Waals surface area (Å²) in [5, 5.41) is 3.53. The number of amides is 2. The lowest BCUT2D eigenvalue weighted by Crippen LogP contribution is -2.32. The van der Waals surface area contributed by atoms with E-state index in [0.29, 0.717) is 39.2 Å². The van der Waals surface area contributed by atoms with Gasteiger partial charge in [-0.05, 0) is 35.9 Å². The first-order valence-corrected chi connectivity index (χ1v) is 10.4. The Balaban J connectivity index is 1.86. The molecule has 0 spiro atoms. The van der Waals surface area contributed by atoms with Crippen LogP contribution in [0.1, 0.15) is 5.56 Å². The molecule has 1 aliphatic heterocycles. The highest BCUT2D eigenvalue weighted by Gasteiger charge is 2.41. The van der Waals surface area contributed by atoms with Crippen LogP contribution in [0.15, 0.2) is 72.4 Å². The topological polar surface area (TPSA) is 77.1 Å². The molecule has 0 bridgehead atoms.